The van der Waals surface area contributed by atoms with Gasteiger partial charge < -0.3 is 10.6 Å². The average Bonchev–Trinajstić information content (AvgIpc) is 3.04. The molecule has 0 radical (unpaired) electrons. The number of carbonyl (C=O) groups is 2. The second-order valence-corrected chi connectivity index (χ2v) is 8.97. The van der Waals surface area contributed by atoms with E-state index >= 15 is 0 Å². The number of amides is 2. The van der Waals surface area contributed by atoms with Crippen molar-refractivity contribution in [2.75, 3.05) is 16.4 Å². The highest BCUT2D eigenvalue weighted by atomic mass is 79.9. The van der Waals surface area contributed by atoms with Crippen LogP contribution in [0.1, 0.15) is 19.8 Å². The Labute approximate surface area is 174 Å². The third kappa shape index (κ3) is 5.79. The Kier molecular flexibility index (Phi) is 6.87. The number of hydrogen-bond donors (Lipinski definition) is 2. The topological polar surface area (TPSA) is 71.1 Å². The van der Waals surface area contributed by atoms with Gasteiger partial charge in [-0.2, -0.15) is 0 Å². The van der Waals surface area contributed by atoms with Crippen LogP contribution in [0.25, 0.3) is 10.2 Å². The molecule has 3 aromatic rings. The highest BCUT2D eigenvalue weighted by Gasteiger charge is 2.10. The van der Waals surface area contributed by atoms with Crippen molar-refractivity contribution in [2.24, 2.45) is 0 Å². The zero-order chi connectivity index (χ0) is 19.2. The van der Waals surface area contributed by atoms with Crippen LogP contribution in [0.3, 0.4) is 0 Å². The fraction of sp³-hybridized carbons (Fsp3) is 0.211. The molecule has 1 heterocycles. The van der Waals surface area contributed by atoms with Crippen molar-refractivity contribution in [3.63, 3.8) is 0 Å². The van der Waals surface area contributed by atoms with E-state index < -0.39 is 0 Å². The van der Waals surface area contributed by atoms with E-state index in [1.54, 1.807) is 0 Å². The molecule has 2 N–H and O–H groups in total. The first-order chi connectivity index (χ1) is 13.0. The van der Waals surface area contributed by atoms with Crippen molar-refractivity contribution in [1.29, 1.82) is 0 Å². The summed E-state index contributed by atoms with van der Waals surface area (Å²) in [6, 6.07) is 13.1. The minimum absolute atomic E-state index is 0.0144. The standard InChI is InChI=1S/C19H18BrN3O2S2/c1-2-3-17(24)22-14-8-9-15-16(10-14)27-19(23-15)26-11-18(25)21-13-6-4-12(20)5-7-13/h4-10H,2-3,11H2,1H3,(H,21,25)(H,22,24). The van der Waals surface area contributed by atoms with E-state index in [1.165, 1.54) is 23.1 Å². The van der Waals surface area contributed by atoms with Gasteiger partial charge >= 0.3 is 0 Å². The van der Waals surface area contributed by atoms with E-state index in [2.05, 4.69) is 31.5 Å². The van der Waals surface area contributed by atoms with Crippen molar-refractivity contribution in [3.8, 4) is 0 Å². The van der Waals surface area contributed by atoms with Crippen LogP contribution in [0.4, 0.5) is 11.4 Å². The Morgan fingerprint density at radius 3 is 2.52 bits per heavy atom. The molecule has 2 amide bonds. The van der Waals surface area contributed by atoms with E-state index in [9.17, 15) is 9.59 Å². The molecule has 0 saturated heterocycles. The number of benzene rings is 2. The maximum absolute atomic E-state index is 12.1. The number of hydrogen-bond acceptors (Lipinski definition) is 5. The molecule has 0 aliphatic carbocycles. The number of nitrogens with one attached hydrogen (secondary N) is 2. The van der Waals surface area contributed by atoms with Crippen LogP contribution in [0.15, 0.2) is 51.3 Å². The normalized spacial score (nSPS) is 10.7. The average molecular weight is 464 g/mol. The van der Waals surface area contributed by atoms with Gasteiger partial charge in [0.1, 0.15) is 0 Å². The Hall–Kier alpha value is -1.90. The van der Waals surface area contributed by atoms with Crippen LogP contribution in [0, 0.1) is 0 Å². The Morgan fingerprint density at radius 2 is 1.78 bits per heavy atom. The number of nitrogens with zero attached hydrogens (tertiary/aromatic N) is 1. The molecule has 0 saturated carbocycles. The van der Waals surface area contributed by atoms with Gasteiger partial charge in [-0.15, -0.1) is 11.3 Å². The molecular weight excluding hydrogens is 446 g/mol. The predicted molar refractivity (Wildman–Crippen MR) is 117 cm³/mol. The van der Waals surface area contributed by atoms with Gasteiger partial charge in [0.15, 0.2) is 4.34 Å². The SMILES string of the molecule is CCCC(=O)Nc1ccc2nc(SCC(=O)Nc3ccc(Br)cc3)sc2c1. The summed E-state index contributed by atoms with van der Waals surface area (Å²) in [6.07, 6.45) is 1.33. The molecular formula is C19H18BrN3O2S2. The Balaban J connectivity index is 1.59. The largest absolute Gasteiger partial charge is 0.326 e. The van der Waals surface area contributed by atoms with E-state index in [1.807, 2.05) is 49.4 Å². The fourth-order valence-corrected chi connectivity index (χ4v) is 4.52. The number of carbonyl (C=O) groups excluding carboxylic acids is 2. The smallest absolute Gasteiger partial charge is 0.234 e. The van der Waals surface area contributed by atoms with Crippen molar-refractivity contribution in [2.45, 2.75) is 24.1 Å². The highest BCUT2D eigenvalue weighted by Crippen LogP contribution is 2.31. The van der Waals surface area contributed by atoms with Crippen molar-refractivity contribution >= 4 is 72.4 Å². The van der Waals surface area contributed by atoms with Crippen molar-refractivity contribution in [3.05, 3.63) is 46.9 Å². The van der Waals surface area contributed by atoms with Gasteiger partial charge in [0.2, 0.25) is 11.8 Å². The monoisotopic (exact) mass is 463 g/mol. The number of aromatic nitrogens is 1. The fourth-order valence-electron chi connectivity index (χ4n) is 2.35. The van der Waals surface area contributed by atoms with Crippen LogP contribution in [-0.4, -0.2) is 22.6 Å². The van der Waals surface area contributed by atoms with Gasteiger partial charge in [0.25, 0.3) is 0 Å². The number of fused-ring (bicyclic) bond motifs is 1. The lowest BCUT2D eigenvalue weighted by atomic mass is 10.2. The van der Waals surface area contributed by atoms with Gasteiger partial charge in [-0.05, 0) is 48.9 Å². The summed E-state index contributed by atoms with van der Waals surface area (Å²) in [5.41, 5.74) is 2.40. The third-order valence-electron chi connectivity index (χ3n) is 3.58. The third-order valence-corrected chi connectivity index (χ3v) is 6.27. The number of thiazole rings is 1. The summed E-state index contributed by atoms with van der Waals surface area (Å²) in [4.78, 5) is 28.4. The maximum atomic E-state index is 12.1. The summed E-state index contributed by atoms with van der Waals surface area (Å²) in [7, 11) is 0. The minimum atomic E-state index is -0.0749. The molecule has 5 nitrogen and oxygen atoms in total. The maximum Gasteiger partial charge on any atom is 0.234 e. The zero-order valence-electron chi connectivity index (χ0n) is 14.6. The first kappa shape index (κ1) is 19.9. The van der Waals surface area contributed by atoms with Crippen molar-refractivity contribution in [1.82, 2.24) is 4.98 Å². The van der Waals surface area contributed by atoms with Gasteiger partial charge in [0.05, 0.1) is 16.0 Å². The summed E-state index contributed by atoms with van der Waals surface area (Å²) >= 11 is 6.29. The molecule has 0 spiro atoms. The Morgan fingerprint density at radius 1 is 1.07 bits per heavy atom. The second kappa shape index (κ2) is 9.34. The van der Waals surface area contributed by atoms with Crippen molar-refractivity contribution < 1.29 is 9.59 Å². The molecule has 1 aromatic heterocycles. The minimum Gasteiger partial charge on any atom is -0.326 e. The summed E-state index contributed by atoms with van der Waals surface area (Å²) in [5, 5.41) is 5.76. The summed E-state index contributed by atoms with van der Waals surface area (Å²) in [6.45, 7) is 1.97. The molecule has 8 heteroatoms. The number of rotatable bonds is 7. The quantitative estimate of drug-likeness (QED) is 0.451. The molecule has 27 heavy (non-hydrogen) atoms. The van der Waals surface area contributed by atoms with Gasteiger partial charge in [-0.3, -0.25) is 9.59 Å². The first-order valence-corrected chi connectivity index (χ1v) is 11.0. The van der Waals surface area contributed by atoms with Gasteiger partial charge in [-0.25, -0.2) is 4.98 Å². The molecule has 0 aliphatic rings. The highest BCUT2D eigenvalue weighted by molar-refractivity contribution is 9.10. The number of anilines is 2. The lowest BCUT2D eigenvalue weighted by Crippen LogP contribution is -2.13. The van der Waals surface area contributed by atoms with E-state index in [-0.39, 0.29) is 17.6 Å². The molecule has 3 rings (SSSR count). The van der Waals surface area contributed by atoms with Gasteiger partial charge in [-0.1, -0.05) is 34.6 Å². The molecule has 140 valence electrons. The first-order valence-electron chi connectivity index (χ1n) is 8.42. The molecule has 0 fully saturated rings. The molecule has 0 atom stereocenters. The molecule has 0 unspecified atom stereocenters. The van der Waals surface area contributed by atoms with Crippen LogP contribution < -0.4 is 10.6 Å². The summed E-state index contributed by atoms with van der Waals surface area (Å²) < 4.78 is 2.78. The van der Waals surface area contributed by atoms with Gasteiger partial charge in [0, 0.05) is 22.3 Å². The van der Waals surface area contributed by atoms with Crippen LogP contribution in [0.2, 0.25) is 0 Å². The second-order valence-electron chi connectivity index (χ2n) is 5.80. The van der Waals surface area contributed by atoms with E-state index in [0.29, 0.717) is 6.42 Å². The predicted octanol–water partition coefficient (Wildman–Crippen LogP) is 5.53. The molecule has 0 aliphatic heterocycles. The molecule has 0 bridgehead atoms. The lowest BCUT2D eigenvalue weighted by Gasteiger charge is -2.03. The van der Waals surface area contributed by atoms with E-state index in [0.717, 1.165) is 36.8 Å². The van der Waals surface area contributed by atoms with Crippen LogP contribution in [0.5, 0.6) is 0 Å². The lowest BCUT2D eigenvalue weighted by molar-refractivity contribution is -0.116. The molecule has 2 aromatic carbocycles. The summed E-state index contributed by atoms with van der Waals surface area (Å²) in [5.74, 6) is 0.227. The zero-order valence-corrected chi connectivity index (χ0v) is 17.8. The number of halogens is 1. The Bertz CT molecular complexity index is 957. The number of thioether (sulfide) groups is 1. The van der Waals surface area contributed by atoms with Crippen LogP contribution in [-0.2, 0) is 9.59 Å². The van der Waals surface area contributed by atoms with Crippen LogP contribution >= 0.6 is 39.0 Å². The van der Waals surface area contributed by atoms with E-state index in [4.69, 9.17) is 0 Å².